The minimum atomic E-state index is 0.307. The maximum absolute atomic E-state index is 2.49. The lowest BCUT2D eigenvalue weighted by molar-refractivity contribution is 0.584. The Kier molecular flexibility index (Phi) is 5.49. The van der Waals surface area contributed by atoms with Crippen molar-refractivity contribution >= 4 is 0 Å². The minimum Gasteiger partial charge on any atom is -0.0713 e. The molecule has 0 bridgehead atoms. The van der Waals surface area contributed by atoms with Gasteiger partial charge in [0.15, 0.2) is 0 Å². The Morgan fingerprint density at radius 2 is 1.53 bits per heavy atom. The fraction of sp³-hybridized carbons (Fsp3) is 0.765. The number of unbranched alkanes of at least 4 members (excludes halogenated alkanes) is 5. The van der Waals surface area contributed by atoms with E-state index in [-0.39, 0.29) is 0 Å². The fourth-order valence-electron chi connectivity index (χ4n) is 2.73. The maximum atomic E-state index is 2.49. The minimum absolute atomic E-state index is 0.307. The van der Waals surface area contributed by atoms with Gasteiger partial charge in [-0.2, -0.15) is 0 Å². The van der Waals surface area contributed by atoms with Gasteiger partial charge in [0.25, 0.3) is 0 Å². The van der Waals surface area contributed by atoms with E-state index >= 15 is 0 Å². The molecule has 0 aliphatic heterocycles. The zero-order valence-electron chi connectivity index (χ0n) is 12.5. The molecule has 98 valence electrons. The number of rotatable bonds is 7. The Bertz CT molecular complexity index is 302. The van der Waals surface area contributed by atoms with Gasteiger partial charge in [0, 0.05) is 5.41 Å². The molecular formula is C17H30. The van der Waals surface area contributed by atoms with Crippen molar-refractivity contribution in [2.24, 2.45) is 5.41 Å². The third-order valence-corrected chi connectivity index (χ3v) is 4.35. The molecule has 0 saturated heterocycles. The van der Waals surface area contributed by atoms with Crippen LogP contribution in [0.1, 0.15) is 79.6 Å². The molecule has 0 amide bonds. The van der Waals surface area contributed by atoms with Crippen LogP contribution in [-0.4, -0.2) is 0 Å². The molecule has 0 radical (unpaired) electrons. The topological polar surface area (TPSA) is 0 Å². The van der Waals surface area contributed by atoms with Gasteiger partial charge in [0.05, 0.1) is 0 Å². The summed E-state index contributed by atoms with van der Waals surface area (Å²) in [6.45, 7) is 11.5. The van der Waals surface area contributed by atoms with Gasteiger partial charge in [-0.3, -0.25) is 0 Å². The molecule has 0 atom stereocenters. The summed E-state index contributed by atoms with van der Waals surface area (Å²) in [4.78, 5) is 0. The molecule has 0 spiro atoms. The van der Waals surface area contributed by atoms with Gasteiger partial charge in [0.2, 0.25) is 0 Å². The molecule has 0 N–H and O–H groups in total. The summed E-state index contributed by atoms with van der Waals surface area (Å²) in [7, 11) is 0. The molecule has 0 saturated carbocycles. The zero-order valence-corrected chi connectivity index (χ0v) is 12.5. The Morgan fingerprint density at radius 3 is 2.06 bits per heavy atom. The van der Waals surface area contributed by atoms with Crippen molar-refractivity contribution in [3.63, 3.8) is 0 Å². The molecule has 1 rings (SSSR count). The maximum Gasteiger partial charge on any atom is 0.00431 e. The molecule has 0 unspecified atom stereocenters. The molecule has 0 heterocycles. The number of hydrogen-bond donors (Lipinski definition) is 0. The molecule has 0 aromatic heterocycles. The average molecular weight is 234 g/mol. The lowest BCUT2D eigenvalue weighted by Crippen LogP contribution is -2.05. The Labute approximate surface area is 108 Å². The quantitative estimate of drug-likeness (QED) is 0.471. The Balaban J connectivity index is 2.30. The summed E-state index contributed by atoms with van der Waals surface area (Å²) < 4.78 is 0. The van der Waals surface area contributed by atoms with Crippen molar-refractivity contribution in [2.75, 3.05) is 0 Å². The van der Waals surface area contributed by atoms with Crippen molar-refractivity contribution < 1.29 is 0 Å². The predicted molar refractivity (Wildman–Crippen MR) is 78.2 cm³/mol. The summed E-state index contributed by atoms with van der Waals surface area (Å²) in [5.74, 6) is 0. The van der Waals surface area contributed by atoms with Crippen LogP contribution >= 0.6 is 0 Å². The van der Waals surface area contributed by atoms with E-state index in [1.54, 1.807) is 16.7 Å². The predicted octanol–water partition coefficient (Wildman–Crippen LogP) is 6.04. The highest BCUT2D eigenvalue weighted by Crippen LogP contribution is 2.41. The van der Waals surface area contributed by atoms with E-state index in [1.165, 1.54) is 44.9 Å². The molecule has 0 heteroatoms. The first-order valence-electron chi connectivity index (χ1n) is 7.39. The standard InChI is InChI=1S/C17H30/c1-6-7-8-9-10-11-12-16-13-17(4,5)15(3)14(16)2/h13H,6-12H2,1-5H3. The second-order valence-electron chi connectivity index (χ2n) is 6.16. The molecule has 0 nitrogen and oxygen atoms in total. The average Bonchev–Trinajstić information content (AvgIpc) is 2.47. The van der Waals surface area contributed by atoms with Gasteiger partial charge in [-0.25, -0.2) is 0 Å². The largest absolute Gasteiger partial charge is 0.0713 e. The molecule has 1 aliphatic rings. The summed E-state index contributed by atoms with van der Waals surface area (Å²) in [5.41, 5.74) is 5.05. The van der Waals surface area contributed by atoms with E-state index in [0.29, 0.717) is 5.41 Å². The lowest BCUT2D eigenvalue weighted by atomic mass is 9.88. The monoisotopic (exact) mass is 234 g/mol. The van der Waals surface area contributed by atoms with Gasteiger partial charge in [0.1, 0.15) is 0 Å². The van der Waals surface area contributed by atoms with Crippen molar-refractivity contribution in [1.82, 2.24) is 0 Å². The first kappa shape index (κ1) is 14.5. The zero-order chi connectivity index (χ0) is 12.9. The Hall–Kier alpha value is -0.520. The van der Waals surface area contributed by atoms with Gasteiger partial charge in [-0.1, -0.05) is 64.5 Å². The third kappa shape index (κ3) is 4.01. The van der Waals surface area contributed by atoms with Crippen molar-refractivity contribution in [3.05, 3.63) is 22.8 Å². The van der Waals surface area contributed by atoms with Gasteiger partial charge >= 0.3 is 0 Å². The van der Waals surface area contributed by atoms with Crippen LogP contribution in [0.15, 0.2) is 22.8 Å². The van der Waals surface area contributed by atoms with Crippen molar-refractivity contribution in [1.29, 1.82) is 0 Å². The number of allylic oxidation sites excluding steroid dienone is 4. The lowest BCUT2D eigenvalue weighted by Gasteiger charge is -2.17. The number of hydrogen-bond acceptors (Lipinski definition) is 0. The molecule has 0 aromatic carbocycles. The second kappa shape index (κ2) is 6.42. The third-order valence-electron chi connectivity index (χ3n) is 4.35. The second-order valence-corrected chi connectivity index (χ2v) is 6.16. The summed E-state index contributed by atoms with van der Waals surface area (Å²) in [6.07, 6.45) is 12.2. The van der Waals surface area contributed by atoms with Crippen LogP contribution in [0.3, 0.4) is 0 Å². The summed E-state index contributed by atoms with van der Waals surface area (Å²) in [6, 6.07) is 0. The fourth-order valence-corrected chi connectivity index (χ4v) is 2.73. The van der Waals surface area contributed by atoms with Gasteiger partial charge in [-0.15, -0.1) is 0 Å². The van der Waals surface area contributed by atoms with Crippen LogP contribution in [0, 0.1) is 5.41 Å². The highest BCUT2D eigenvalue weighted by Gasteiger charge is 2.26. The van der Waals surface area contributed by atoms with E-state index < -0.39 is 0 Å². The highest BCUT2D eigenvalue weighted by atomic mass is 14.3. The summed E-state index contributed by atoms with van der Waals surface area (Å²) >= 11 is 0. The molecule has 17 heavy (non-hydrogen) atoms. The smallest absolute Gasteiger partial charge is 0.00431 e. The van der Waals surface area contributed by atoms with Crippen LogP contribution < -0.4 is 0 Å². The van der Waals surface area contributed by atoms with E-state index in [1.807, 2.05) is 0 Å². The molecule has 0 aromatic rings. The first-order chi connectivity index (χ1) is 7.99. The van der Waals surface area contributed by atoms with Crippen LogP contribution in [0.5, 0.6) is 0 Å². The molecule has 0 fully saturated rings. The molecular weight excluding hydrogens is 204 g/mol. The van der Waals surface area contributed by atoms with Crippen LogP contribution in [-0.2, 0) is 0 Å². The van der Waals surface area contributed by atoms with E-state index in [9.17, 15) is 0 Å². The Morgan fingerprint density at radius 1 is 0.941 bits per heavy atom. The normalized spacial score (nSPS) is 18.8. The van der Waals surface area contributed by atoms with Crippen molar-refractivity contribution in [2.45, 2.75) is 79.6 Å². The van der Waals surface area contributed by atoms with E-state index in [2.05, 4.69) is 40.7 Å². The van der Waals surface area contributed by atoms with E-state index in [4.69, 9.17) is 0 Å². The van der Waals surface area contributed by atoms with Crippen molar-refractivity contribution in [3.8, 4) is 0 Å². The summed E-state index contributed by atoms with van der Waals surface area (Å²) in [5, 5.41) is 0. The first-order valence-corrected chi connectivity index (χ1v) is 7.39. The van der Waals surface area contributed by atoms with Gasteiger partial charge in [-0.05, 0) is 37.8 Å². The van der Waals surface area contributed by atoms with E-state index in [0.717, 1.165) is 0 Å². The molecule has 1 aliphatic carbocycles. The van der Waals surface area contributed by atoms with Gasteiger partial charge < -0.3 is 0 Å². The SMILES string of the molecule is CCCCCCCCC1=CC(C)(C)C(C)=C1C. The highest BCUT2D eigenvalue weighted by molar-refractivity contribution is 5.45. The van der Waals surface area contributed by atoms with Crippen LogP contribution in [0.4, 0.5) is 0 Å². The van der Waals surface area contributed by atoms with Crippen LogP contribution in [0.25, 0.3) is 0 Å². The van der Waals surface area contributed by atoms with Crippen LogP contribution in [0.2, 0.25) is 0 Å².